The first-order valence-corrected chi connectivity index (χ1v) is 20.7. The first kappa shape index (κ1) is 34.8. The fourth-order valence-corrected chi connectivity index (χ4v) is 9.17. The number of aromatic nitrogens is 4. The van der Waals surface area contributed by atoms with E-state index in [1.165, 1.54) is 49.2 Å². The molecule has 4 heteroatoms. The van der Waals surface area contributed by atoms with Crippen LogP contribution in [-0.2, 0) is 0 Å². The third-order valence-corrected chi connectivity index (χ3v) is 12.0. The van der Waals surface area contributed by atoms with E-state index in [0.29, 0.717) is 17.6 Å². The predicted molar refractivity (Wildman–Crippen MR) is 254 cm³/mol. The van der Waals surface area contributed by atoms with E-state index in [0.717, 1.165) is 49.4 Å². The average Bonchev–Trinajstić information content (AvgIpc) is 3.69. The molecular formula is C57H36N4. The molecule has 2 heterocycles. The van der Waals surface area contributed by atoms with E-state index < -0.39 is 0 Å². The molecule has 0 saturated carbocycles. The van der Waals surface area contributed by atoms with Crippen molar-refractivity contribution in [3.8, 4) is 62.1 Å². The average molecular weight is 777 g/mol. The van der Waals surface area contributed by atoms with Crippen LogP contribution < -0.4 is 0 Å². The SMILES string of the molecule is c1ccc(-c2cccc(-c3cccc4c5ccccc5n(-c5nc(-c6ccccc6)nc(-c6ccc7c8cc(-c9ccccc9)ccc8c8ccccc8c7c6)n5)c34)c2)cc1. The molecule has 0 aliphatic carbocycles. The minimum atomic E-state index is 0.567. The van der Waals surface area contributed by atoms with Gasteiger partial charge in [0.05, 0.1) is 11.0 Å². The Labute approximate surface area is 352 Å². The summed E-state index contributed by atoms with van der Waals surface area (Å²) >= 11 is 0. The Balaban J connectivity index is 1.11. The van der Waals surface area contributed by atoms with Crippen molar-refractivity contribution >= 4 is 54.1 Å². The highest BCUT2D eigenvalue weighted by Gasteiger charge is 2.21. The van der Waals surface area contributed by atoms with Crippen molar-refractivity contribution < 1.29 is 0 Å². The summed E-state index contributed by atoms with van der Waals surface area (Å²) in [4.78, 5) is 16.0. The highest BCUT2D eigenvalue weighted by molar-refractivity contribution is 6.26. The van der Waals surface area contributed by atoms with Gasteiger partial charge in [0.25, 0.3) is 0 Å². The van der Waals surface area contributed by atoms with Gasteiger partial charge in [0, 0.05) is 27.5 Å². The van der Waals surface area contributed by atoms with E-state index in [1.54, 1.807) is 0 Å². The van der Waals surface area contributed by atoms with Gasteiger partial charge in [-0.25, -0.2) is 4.98 Å². The Morgan fingerprint density at radius 3 is 1.43 bits per heavy atom. The third-order valence-electron chi connectivity index (χ3n) is 12.0. The second-order valence-corrected chi connectivity index (χ2v) is 15.6. The highest BCUT2D eigenvalue weighted by Crippen LogP contribution is 2.41. The summed E-state index contributed by atoms with van der Waals surface area (Å²) in [5.41, 5.74) is 10.9. The molecule has 12 rings (SSSR count). The Bertz CT molecular complexity index is 3630. The van der Waals surface area contributed by atoms with Crippen molar-refractivity contribution in [2.24, 2.45) is 0 Å². The van der Waals surface area contributed by atoms with Crippen LogP contribution in [0.2, 0.25) is 0 Å². The molecule has 12 aromatic rings. The Morgan fingerprint density at radius 1 is 0.262 bits per heavy atom. The number of rotatable bonds is 6. The van der Waals surface area contributed by atoms with Crippen LogP contribution in [0.3, 0.4) is 0 Å². The van der Waals surface area contributed by atoms with Gasteiger partial charge >= 0.3 is 0 Å². The number of benzene rings is 10. The van der Waals surface area contributed by atoms with Crippen molar-refractivity contribution in [2.75, 3.05) is 0 Å². The summed E-state index contributed by atoms with van der Waals surface area (Å²) in [5.74, 6) is 1.80. The zero-order valence-electron chi connectivity index (χ0n) is 33.1. The molecule has 0 spiro atoms. The zero-order chi connectivity index (χ0) is 40.3. The molecule has 61 heavy (non-hydrogen) atoms. The van der Waals surface area contributed by atoms with Crippen molar-refractivity contribution in [1.82, 2.24) is 19.5 Å². The van der Waals surface area contributed by atoms with Gasteiger partial charge in [-0.2, -0.15) is 9.97 Å². The third kappa shape index (κ3) is 5.88. The molecule has 0 amide bonds. The van der Waals surface area contributed by atoms with Gasteiger partial charge in [0.2, 0.25) is 5.95 Å². The maximum absolute atomic E-state index is 5.42. The van der Waals surface area contributed by atoms with Gasteiger partial charge in [-0.1, -0.05) is 194 Å². The van der Waals surface area contributed by atoms with Crippen LogP contribution in [0.1, 0.15) is 0 Å². The predicted octanol–water partition coefficient (Wildman–Crippen LogP) is 14.8. The van der Waals surface area contributed by atoms with Crippen molar-refractivity contribution in [1.29, 1.82) is 0 Å². The summed E-state index contributed by atoms with van der Waals surface area (Å²) in [6, 6.07) is 77.6. The van der Waals surface area contributed by atoms with E-state index in [2.05, 4.69) is 205 Å². The number of fused-ring (bicyclic) bond motifs is 9. The van der Waals surface area contributed by atoms with Gasteiger partial charge in [0.1, 0.15) is 0 Å². The van der Waals surface area contributed by atoms with E-state index in [-0.39, 0.29) is 0 Å². The summed E-state index contributed by atoms with van der Waals surface area (Å²) in [5, 5.41) is 9.50. The van der Waals surface area contributed by atoms with Crippen LogP contribution in [0.25, 0.3) is 116 Å². The van der Waals surface area contributed by atoms with Crippen LogP contribution in [0.5, 0.6) is 0 Å². The Morgan fingerprint density at radius 2 is 0.721 bits per heavy atom. The molecule has 0 N–H and O–H groups in total. The smallest absolute Gasteiger partial charge is 0.238 e. The topological polar surface area (TPSA) is 43.6 Å². The normalized spacial score (nSPS) is 11.6. The molecule has 284 valence electrons. The fourth-order valence-electron chi connectivity index (χ4n) is 9.17. The maximum Gasteiger partial charge on any atom is 0.238 e. The first-order valence-electron chi connectivity index (χ1n) is 20.7. The molecule has 0 aliphatic rings. The molecule has 10 aromatic carbocycles. The lowest BCUT2D eigenvalue weighted by Gasteiger charge is -2.15. The summed E-state index contributed by atoms with van der Waals surface area (Å²) in [7, 11) is 0. The zero-order valence-corrected chi connectivity index (χ0v) is 33.1. The summed E-state index contributed by atoms with van der Waals surface area (Å²) < 4.78 is 2.24. The first-order chi connectivity index (χ1) is 30.2. The van der Waals surface area contributed by atoms with Gasteiger partial charge in [-0.15, -0.1) is 0 Å². The quantitative estimate of drug-likeness (QED) is 0.158. The molecule has 0 saturated heterocycles. The largest absolute Gasteiger partial charge is 0.277 e. The van der Waals surface area contributed by atoms with E-state index in [1.807, 2.05) is 18.2 Å². The van der Waals surface area contributed by atoms with Crippen molar-refractivity contribution in [3.63, 3.8) is 0 Å². The van der Waals surface area contributed by atoms with Crippen molar-refractivity contribution in [2.45, 2.75) is 0 Å². The Hall–Kier alpha value is -8.21. The number of hydrogen-bond acceptors (Lipinski definition) is 3. The van der Waals surface area contributed by atoms with Crippen LogP contribution in [-0.4, -0.2) is 19.5 Å². The maximum atomic E-state index is 5.42. The number of hydrogen-bond donors (Lipinski definition) is 0. The minimum absolute atomic E-state index is 0.567. The molecule has 0 fully saturated rings. The summed E-state index contributed by atoms with van der Waals surface area (Å²) in [6.45, 7) is 0. The molecule has 0 bridgehead atoms. The molecule has 2 aromatic heterocycles. The lowest BCUT2D eigenvalue weighted by atomic mass is 9.91. The van der Waals surface area contributed by atoms with E-state index in [9.17, 15) is 0 Å². The van der Waals surface area contributed by atoms with E-state index in [4.69, 9.17) is 15.0 Å². The molecular weight excluding hydrogens is 741 g/mol. The van der Waals surface area contributed by atoms with Crippen LogP contribution >= 0.6 is 0 Å². The molecule has 0 atom stereocenters. The standard InChI is InChI=1S/C57H36N4/c1-4-16-37(17-5-1)40-22-14-23-42(34-40)44-27-15-28-50-49-26-12-13-29-53(49)61(54(44)50)57-59-55(39-20-8-3-9-21-39)58-56(60-57)43-31-33-48-51-35-41(38-18-6-2-7-19-38)30-32-47(51)45-24-10-11-25-46(45)52(48)36-43/h1-36H. The van der Waals surface area contributed by atoms with Gasteiger partial charge < -0.3 is 0 Å². The Kier molecular flexibility index (Phi) is 8.13. The number of para-hydroxylation sites is 2. The van der Waals surface area contributed by atoms with Crippen LogP contribution in [0.4, 0.5) is 0 Å². The number of nitrogens with zero attached hydrogens (tertiary/aromatic N) is 4. The molecule has 0 radical (unpaired) electrons. The van der Waals surface area contributed by atoms with Crippen LogP contribution in [0, 0.1) is 0 Å². The minimum Gasteiger partial charge on any atom is -0.277 e. The van der Waals surface area contributed by atoms with Gasteiger partial charge in [-0.3, -0.25) is 4.57 Å². The molecule has 4 nitrogen and oxygen atoms in total. The van der Waals surface area contributed by atoms with E-state index >= 15 is 0 Å². The summed E-state index contributed by atoms with van der Waals surface area (Å²) in [6.07, 6.45) is 0. The second-order valence-electron chi connectivity index (χ2n) is 15.6. The lowest BCUT2D eigenvalue weighted by Crippen LogP contribution is -2.07. The monoisotopic (exact) mass is 776 g/mol. The highest BCUT2D eigenvalue weighted by atomic mass is 15.2. The lowest BCUT2D eigenvalue weighted by molar-refractivity contribution is 0.954. The molecule has 0 unspecified atom stereocenters. The van der Waals surface area contributed by atoms with Crippen molar-refractivity contribution in [3.05, 3.63) is 218 Å². The van der Waals surface area contributed by atoms with Gasteiger partial charge in [-0.05, 0) is 84.4 Å². The fraction of sp³-hybridized carbons (Fsp3) is 0. The van der Waals surface area contributed by atoms with Gasteiger partial charge in [0.15, 0.2) is 11.6 Å². The van der Waals surface area contributed by atoms with Crippen LogP contribution in [0.15, 0.2) is 218 Å². The molecule has 0 aliphatic heterocycles. The second kappa shape index (κ2) is 14.3.